The highest BCUT2D eigenvalue weighted by Gasteiger charge is 2.27. The molecule has 0 aromatic heterocycles. The second kappa shape index (κ2) is 27.8. The average Bonchev–Trinajstić information content (AvgIpc) is 0.762. The molecule has 4 nitrogen and oxygen atoms in total. The number of rotatable bonds is 18. The molecule has 0 radical (unpaired) electrons. The van der Waals surface area contributed by atoms with Crippen LogP contribution in [0, 0.1) is 27.7 Å². The van der Waals surface area contributed by atoms with Gasteiger partial charge in [0.15, 0.2) is 0 Å². The molecule has 0 bridgehead atoms. The SMILES string of the molecule is Cc1ccc(N(c2ccc(C)cc2)c2ccc(-c3cc(N(c4ccc(-c5ccccc5)cc4)c4ccc(-c5ccccc5)cc4)c(-c4ccc(N(c5ccc(C)cc5)c5ccc(C)cc5)cc4)cc3N(c3ccc(-c4ccccc4)cc3)c3ccc(-c4ccccc4)cc3)cc2)cc1. The van der Waals surface area contributed by atoms with Gasteiger partial charge in [-0.15, -0.1) is 0 Å². The van der Waals surface area contributed by atoms with E-state index in [9.17, 15) is 0 Å². The van der Waals surface area contributed by atoms with Crippen molar-refractivity contribution in [2.24, 2.45) is 0 Å². The fraction of sp³-hybridized carbons (Fsp3) is 0.0426. The molecule has 470 valence electrons. The van der Waals surface area contributed by atoms with E-state index in [4.69, 9.17) is 0 Å². The number of nitrogens with zero attached hydrogens (tertiary/aromatic N) is 4. The lowest BCUT2D eigenvalue weighted by Gasteiger charge is -2.33. The summed E-state index contributed by atoms with van der Waals surface area (Å²) in [5, 5.41) is 0. The predicted octanol–water partition coefficient (Wildman–Crippen LogP) is 26.8. The lowest BCUT2D eigenvalue weighted by molar-refractivity contribution is 1.25. The van der Waals surface area contributed by atoms with Crippen LogP contribution < -0.4 is 19.6 Å². The highest BCUT2D eigenvalue weighted by atomic mass is 15.2. The van der Waals surface area contributed by atoms with Gasteiger partial charge in [0.25, 0.3) is 0 Å². The second-order valence-electron chi connectivity index (χ2n) is 25.3. The molecule has 4 heteroatoms. The van der Waals surface area contributed by atoms with Crippen molar-refractivity contribution in [1.82, 2.24) is 0 Å². The molecule has 15 aromatic rings. The zero-order valence-corrected chi connectivity index (χ0v) is 55.6. The molecule has 0 saturated carbocycles. The van der Waals surface area contributed by atoms with Gasteiger partial charge in [-0.2, -0.15) is 0 Å². The van der Waals surface area contributed by atoms with Crippen LogP contribution in [0.25, 0.3) is 66.8 Å². The molecular weight excluding hydrogens is 1190 g/mol. The summed E-state index contributed by atoms with van der Waals surface area (Å²) in [5.41, 5.74) is 30.8. The lowest BCUT2D eigenvalue weighted by Crippen LogP contribution is -2.15. The maximum Gasteiger partial charge on any atom is 0.0547 e. The first kappa shape index (κ1) is 61.7. The minimum atomic E-state index is 1.01. The molecule has 0 fully saturated rings. The van der Waals surface area contributed by atoms with Gasteiger partial charge < -0.3 is 19.6 Å². The number of hydrogen-bond acceptors (Lipinski definition) is 4. The fourth-order valence-corrected chi connectivity index (χ4v) is 13.2. The van der Waals surface area contributed by atoms with Gasteiger partial charge >= 0.3 is 0 Å². The third-order valence-corrected chi connectivity index (χ3v) is 18.6. The van der Waals surface area contributed by atoms with Crippen molar-refractivity contribution >= 4 is 68.2 Å². The monoisotopic (exact) mass is 1260 g/mol. The van der Waals surface area contributed by atoms with E-state index in [2.05, 4.69) is 423 Å². The number of aryl methyl sites for hydroxylation is 4. The quantitative estimate of drug-likeness (QED) is 0.0849. The maximum absolute atomic E-state index is 2.46. The molecule has 0 aliphatic heterocycles. The number of hydrogen-bond donors (Lipinski definition) is 0. The molecule has 98 heavy (non-hydrogen) atoms. The van der Waals surface area contributed by atoms with Crippen LogP contribution in [-0.4, -0.2) is 0 Å². The predicted molar refractivity (Wildman–Crippen MR) is 417 cm³/mol. The molecular formula is C94H74N4. The van der Waals surface area contributed by atoms with Gasteiger partial charge in [0.1, 0.15) is 0 Å². The third-order valence-electron chi connectivity index (χ3n) is 18.6. The van der Waals surface area contributed by atoms with Gasteiger partial charge in [-0.25, -0.2) is 0 Å². The zero-order valence-electron chi connectivity index (χ0n) is 55.6. The highest BCUT2D eigenvalue weighted by molar-refractivity contribution is 6.00. The summed E-state index contributed by atoms with van der Waals surface area (Å²) >= 11 is 0. The summed E-state index contributed by atoms with van der Waals surface area (Å²) in [4.78, 5) is 9.64. The summed E-state index contributed by atoms with van der Waals surface area (Å²) in [6, 6.07) is 138. The smallest absolute Gasteiger partial charge is 0.0547 e. The Hall–Kier alpha value is -12.5. The summed E-state index contributed by atoms with van der Waals surface area (Å²) in [5.74, 6) is 0. The van der Waals surface area contributed by atoms with Crippen LogP contribution in [0.15, 0.2) is 376 Å². The van der Waals surface area contributed by atoms with Crippen molar-refractivity contribution in [2.45, 2.75) is 27.7 Å². The summed E-state index contributed by atoms with van der Waals surface area (Å²) in [7, 11) is 0. The van der Waals surface area contributed by atoms with Crippen molar-refractivity contribution in [3.63, 3.8) is 0 Å². The van der Waals surface area contributed by atoms with E-state index in [0.29, 0.717) is 0 Å². The van der Waals surface area contributed by atoms with Crippen LogP contribution >= 0.6 is 0 Å². The van der Waals surface area contributed by atoms with Crippen molar-refractivity contribution < 1.29 is 0 Å². The molecule has 0 N–H and O–H groups in total. The summed E-state index contributed by atoms with van der Waals surface area (Å²) in [6.07, 6.45) is 0. The van der Waals surface area contributed by atoms with Gasteiger partial charge in [-0.05, 0) is 217 Å². The summed E-state index contributed by atoms with van der Waals surface area (Å²) in [6.45, 7) is 8.58. The Bertz CT molecular complexity index is 4530. The molecule has 0 atom stereocenters. The first-order valence-corrected chi connectivity index (χ1v) is 33.7. The fourth-order valence-electron chi connectivity index (χ4n) is 13.2. The Morgan fingerprint density at radius 3 is 0.490 bits per heavy atom. The summed E-state index contributed by atoms with van der Waals surface area (Å²) < 4.78 is 0. The maximum atomic E-state index is 2.46. The minimum Gasteiger partial charge on any atom is -0.311 e. The Labute approximate surface area is 577 Å². The Balaban J connectivity index is 1.00. The van der Waals surface area contributed by atoms with Crippen molar-refractivity contribution in [3.05, 3.63) is 398 Å². The van der Waals surface area contributed by atoms with Crippen LogP contribution in [0.3, 0.4) is 0 Å². The van der Waals surface area contributed by atoms with E-state index in [1.165, 1.54) is 22.3 Å². The molecule has 0 saturated heterocycles. The van der Waals surface area contributed by atoms with Gasteiger partial charge in [-0.1, -0.05) is 265 Å². The Kier molecular flexibility index (Phi) is 17.5. The van der Waals surface area contributed by atoms with Gasteiger partial charge in [0, 0.05) is 68.0 Å². The van der Waals surface area contributed by atoms with Crippen molar-refractivity contribution in [1.29, 1.82) is 0 Å². The van der Waals surface area contributed by atoms with Crippen LogP contribution in [0.4, 0.5) is 68.2 Å². The van der Waals surface area contributed by atoms with E-state index >= 15 is 0 Å². The first-order chi connectivity index (χ1) is 48.2. The van der Waals surface area contributed by atoms with Crippen LogP contribution in [0.1, 0.15) is 22.3 Å². The van der Waals surface area contributed by atoms with E-state index in [-0.39, 0.29) is 0 Å². The third kappa shape index (κ3) is 13.2. The largest absolute Gasteiger partial charge is 0.311 e. The van der Waals surface area contributed by atoms with E-state index in [1.807, 2.05) is 0 Å². The van der Waals surface area contributed by atoms with Gasteiger partial charge in [0.2, 0.25) is 0 Å². The molecule has 0 heterocycles. The van der Waals surface area contributed by atoms with Crippen LogP contribution in [0.2, 0.25) is 0 Å². The van der Waals surface area contributed by atoms with E-state index in [1.54, 1.807) is 0 Å². The molecule has 0 aliphatic carbocycles. The number of benzene rings is 15. The second-order valence-corrected chi connectivity index (χ2v) is 25.3. The molecule has 15 aromatic carbocycles. The molecule has 15 rings (SSSR count). The molecule has 0 aliphatic rings. The standard InChI is InChI=1S/C94H74N4/c1-67-25-45-81(46-26-67)95(82-47-27-68(2)28-48-82)85-61-41-79(42-62-85)91-65-94(98(89-57-37-77(38-58-89)73-21-13-7-14-22-73)90-59-39-78(40-60-90)74-23-15-8-16-24-74)92(80-43-63-86(64-44-80)96(83-49-29-69(3)30-50-83)84-51-31-70(4)32-52-84)66-93(91)97(87-53-33-75(34-54-87)71-17-9-5-10-18-71)88-55-35-76(36-56-88)72-19-11-6-12-20-72/h5-66H,1-4H3. The van der Waals surface area contributed by atoms with Crippen molar-refractivity contribution in [3.8, 4) is 66.8 Å². The minimum absolute atomic E-state index is 1.01. The zero-order chi connectivity index (χ0) is 66.3. The lowest BCUT2D eigenvalue weighted by atomic mass is 9.93. The normalized spacial score (nSPS) is 11.1. The first-order valence-electron chi connectivity index (χ1n) is 33.7. The van der Waals surface area contributed by atoms with Gasteiger partial charge in [0.05, 0.1) is 11.4 Å². The highest BCUT2D eigenvalue weighted by Crippen LogP contribution is 2.51. The Morgan fingerprint density at radius 1 is 0.143 bits per heavy atom. The average molecular weight is 1260 g/mol. The number of anilines is 12. The van der Waals surface area contributed by atoms with E-state index < -0.39 is 0 Å². The van der Waals surface area contributed by atoms with Crippen molar-refractivity contribution in [2.75, 3.05) is 19.6 Å². The molecule has 0 spiro atoms. The van der Waals surface area contributed by atoms with E-state index in [0.717, 1.165) is 135 Å². The molecule has 0 amide bonds. The topological polar surface area (TPSA) is 13.0 Å². The van der Waals surface area contributed by atoms with Gasteiger partial charge in [-0.3, -0.25) is 0 Å². The molecule has 0 unspecified atom stereocenters. The van der Waals surface area contributed by atoms with Crippen LogP contribution in [0.5, 0.6) is 0 Å². The van der Waals surface area contributed by atoms with Crippen LogP contribution in [-0.2, 0) is 0 Å². The Morgan fingerprint density at radius 2 is 0.296 bits per heavy atom.